The number of anilines is 1. The van der Waals surface area contributed by atoms with Gasteiger partial charge in [0.1, 0.15) is 24.1 Å². The molecule has 0 spiro atoms. The van der Waals surface area contributed by atoms with E-state index in [2.05, 4.69) is 36.5 Å². The first kappa shape index (κ1) is 23.1. The van der Waals surface area contributed by atoms with Crippen molar-refractivity contribution in [2.75, 3.05) is 5.32 Å². The Kier molecular flexibility index (Phi) is 5.67. The molecule has 0 aliphatic heterocycles. The first-order valence-electron chi connectivity index (χ1n) is 11.4. The number of benzene rings is 1. The van der Waals surface area contributed by atoms with E-state index < -0.39 is 5.91 Å². The number of fused-ring (bicyclic) bond motifs is 1. The maximum absolute atomic E-state index is 13.1. The zero-order valence-electron chi connectivity index (χ0n) is 20.6. The standard InChI is InChI=1S/C25H25N9O2/c1-14-6-15(2)8-19(7-14)33-23-20(11-27-33)24(36)32(13-26-23)12-22(35)30-21-10-18(5)31-34(21)25-28-16(3)9-17(4)29-25/h6-11,13H,12H2,1-5H3,(H,30,35). The van der Waals surface area contributed by atoms with Crippen LogP contribution in [-0.4, -0.2) is 45.0 Å². The van der Waals surface area contributed by atoms with Crippen LogP contribution in [0.2, 0.25) is 0 Å². The highest BCUT2D eigenvalue weighted by molar-refractivity contribution is 5.90. The molecule has 5 rings (SSSR count). The first-order chi connectivity index (χ1) is 17.2. The molecule has 0 radical (unpaired) electrons. The van der Waals surface area contributed by atoms with Crippen molar-refractivity contribution in [1.82, 2.24) is 39.1 Å². The van der Waals surface area contributed by atoms with Gasteiger partial charge in [0.15, 0.2) is 5.65 Å². The summed E-state index contributed by atoms with van der Waals surface area (Å²) in [5.74, 6) is 0.354. The Balaban J connectivity index is 1.42. The fourth-order valence-corrected chi connectivity index (χ4v) is 4.20. The largest absolute Gasteiger partial charge is 0.309 e. The van der Waals surface area contributed by atoms with Crippen molar-refractivity contribution in [3.63, 3.8) is 0 Å². The molecule has 1 N–H and O–H groups in total. The van der Waals surface area contributed by atoms with Gasteiger partial charge in [-0.05, 0) is 63.9 Å². The molecular formula is C25H25N9O2. The Bertz CT molecular complexity index is 1650. The molecule has 0 unspecified atom stereocenters. The maximum Gasteiger partial charge on any atom is 0.264 e. The molecule has 0 aliphatic rings. The van der Waals surface area contributed by atoms with E-state index in [1.807, 2.05) is 52.8 Å². The Morgan fingerprint density at radius 1 is 0.889 bits per heavy atom. The summed E-state index contributed by atoms with van der Waals surface area (Å²) >= 11 is 0. The number of nitrogens with one attached hydrogen (secondary N) is 1. The van der Waals surface area contributed by atoms with Crippen LogP contribution in [0.3, 0.4) is 0 Å². The molecule has 0 saturated heterocycles. The van der Waals surface area contributed by atoms with Gasteiger partial charge < -0.3 is 5.32 Å². The van der Waals surface area contributed by atoms with Crippen LogP contribution < -0.4 is 10.9 Å². The Morgan fingerprint density at radius 3 is 2.28 bits per heavy atom. The van der Waals surface area contributed by atoms with Crippen LogP contribution in [0.5, 0.6) is 0 Å². The van der Waals surface area contributed by atoms with Crippen molar-refractivity contribution >= 4 is 22.8 Å². The van der Waals surface area contributed by atoms with Gasteiger partial charge in [0.05, 0.1) is 17.6 Å². The number of hydrogen-bond donors (Lipinski definition) is 1. The van der Waals surface area contributed by atoms with Gasteiger partial charge >= 0.3 is 0 Å². The Morgan fingerprint density at radius 2 is 1.58 bits per heavy atom. The van der Waals surface area contributed by atoms with Gasteiger partial charge in [0, 0.05) is 17.5 Å². The molecule has 4 heterocycles. The summed E-state index contributed by atoms with van der Waals surface area (Å²) in [7, 11) is 0. The summed E-state index contributed by atoms with van der Waals surface area (Å²) in [6.45, 7) is 9.32. The average Bonchev–Trinajstić information content (AvgIpc) is 3.38. The van der Waals surface area contributed by atoms with Crippen LogP contribution in [0.15, 0.2) is 47.7 Å². The normalized spacial score (nSPS) is 11.2. The van der Waals surface area contributed by atoms with Gasteiger partial charge in [-0.1, -0.05) is 6.07 Å². The lowest BCUT2D eigenvalue weighted by molar-refractivity contribution is -0.116. The molecule has 0 fully saturated rings. The fourth-order valence-electron chi connectivity index (χ4n) is 4.20. The lowest BCUT2D eigenvalue weighted by Crippen LogP contribution is -2.28. The van der Waals surface area contributed by atoms with Crippen molar-refractivity contribution in [2.24, 2.45) is 0 Å². The SMILES string of the molecule is Cc1cc(C)cc(-n2ncc3c(=O)n(CC(=O)Nc4cc(C)nn4-c4nc(C)cc(C)n4)cnc32)c1. The maximum atomic E-state index is 13.1. The monoisotopic (exact) mass is 483 g/mol. The van der Waals surface area contributed by atoms with E-state index >= 15 is 0 Å². The van der Waals surface area contributed by atoms with Gasteiger partial charge in [0.25, 0.3) is 11.5 Å². The second-order valence-corrected chi connectivity index (χ2v) is 8.90. The zero-order chi connectivity index (χ0) is 25.6. The highest BCUT2D eigenvalue weighted by Gasteiger charge is 2.17. The van der Waals surface area contributed by atoms with Gasteiger partial charge in [-0.15, -0.1) is 0 Å². The van der Waals surface area contributed by atoms with E-state index in [1.165, 1.54) is 21.8 Å². The molecule has 1 aromatic carbocycles. The second-order valence-electron chi connectivity index (χ2n) is 8.90. The minimum absolute atomic E-state index is 0.228. The van der Waals surface area contributed by atoms with Crippen LogP contribution in [0.4, 0.5) is 5.82 Å². The number of nitrogens with zero attached hydrogens (tertiary/aromatic N) is 8. The third-order valence-corrected chi connectivity index (χ3v) is 5.58. The fraction of sp³-hybridized carbons (Fsp3) is 0.240. The van der Waals surface area contributed by atoms with Crippen LogP contribution in [0.1, 0.15) is 28.2 Å². The number of aryl methyl sites for hydroxylation is 5. The van der Waals surface area contributed by atoms with Gasteiger partial charge in [-0.3, -0.25) is 14.2 Å². The molecule has 5 aromatic rings. The Hall–Kier alpha value is -4.67. The number of hydrogen-bond acceptors (Lipinski definition) is 7. The molecule has 0 bridgehead atoms. The molecule has 11 nitrogen and oxygen atoms in total. The topological polar surface area (TPSA) is 125 Å². The third kappa shape index (κ3) is 4.38. The smallest absolute Gasteiger partial charge is 0.264 e. The van der Waals surface area contributed by atoms with Crippen molar-refractivity contribution < 1.29 is 4.79 Å². The molecule has 0 saturated carbocycles. The highest BCUT2D eigenvalue weighted by atomic mass is 16.2. The van der Waals surface area contributed by atoms with Gasteiger partial charge in [-0.25, -0.2) is 19.6 Å². The number of carbonyl (C=O) groups is 1. The van der Waals surface area contributed by atoms with Gasteiger partial charge in [0.2, 0.25) is 5.91 Å². The van der Waals surface area contributed by atoms with E-state index in [0.717, 1.165) is 28.2 Å². The average molecular weight is 484 g/mol. The predicted molar refractivity (Wildman–Crippen MR) is 135 cm³/mol. The van der Waals surface area contributed by atoms with Gasteiger partial charge in [-0.2, -0.15) is 14.9 Å². The quantitative estimate of drug-likeness (QED) is 0.407. The van der Waals surface area contributed by atoms with E-state index in [0.29, 0.717) is 28.5 Å². The van der Waals surface area contributed by atoms with E-state index in [9.17, 15) is 9.59 Å². The molecular weight excluding hydrogens is 458 g/mol. The lowest BCUT2D eigenvalue weighted by atomic mass is 10.1. The van der Waals surface area contributed by atoms with Crippen LogP contribution in [0, 0.1) is 34.6 Å². The number of aromatic nitrogens is 8. The van der Waals surface area contributed by atoms with Crippen molar-refractivity contribution in [3.8, 4) is 11.6 Å². The summed E-state index contributed by atoms with van der Waals surface area (Å²) in [5.41, 5.74) is 5.33. The molecule has 0 aliphatic carbocycles. The molecule has 0 atom stereocenters. The summed E-state index contributed by atoms with van der Waals surface area (Å²) in [6, 6.07) is 9.59. The van der Waals surface area contributed by atoms with Crippen molar-refractivity contribution in [1.29, 1.82) is 0 Å². The first-order valence-corrected chi connectivity index (χ1v) is 11.4. The van der Waals surface area contributed by atoms with E-state index in [-0.39, 0.29) is 12.1 Å². The third-order valence-electron chi connectivity index (χ3n) is 5.58. The van der Waals surface area contributed by atoms with Crippen molar-refractivity contribution in [3.05, 3.63) is 81.4 Å². The number of rotatable bonds is 5. The zero-order valence-corrected chi connectivity index (χ0v) is 20.6. The van der Waals surface area contributed by atoms with E-state index in [1.54, 1.807) is 10.7 Å². The minimum atomic E-state index is -0.412. The number of amides is 1. The summed E-state index contributed by atoms with van der Waals surface area (Å²) in [6.07, 6.45) is 2.84. The summed E-state index contributed by atoms with van der Waals surface area (Å²) in [5, 5.41) is 11.9. The predicted octanol–water partition coefficient (Wildman–Crippen LogP) is 2.74. The lowest BCUT2D eigenvalue weighted by Gasteiger charge is -2.10. The molecule has 4 aromatic heterocycles. The molecule has 36 heavy (non-hydrogen) atoms. The van der Waals surface area contributed by atoms with Crippen molar-refractivity contribution in [2.45, 2.75) is 41.2 Å². The minimum Gasteiger partial charge on any atom is -0.309 e. The highest BCUT2D eigenvalue weighted by Crippen LogP contribution is 2.18. The van der Waals surface area contributed by atoms with Crippen LogP contribution >= 0.6 is 0 Å². The second kappa shape index (κ2) is 8.84. The molecule has 1 amide bonds. The summed E-state index contributed by atoms with van der Waals surface area (Å²) in [4.78, 5) is 39.3. The summed E-state index contributed by atoms with van der Waals surface area (Å²) < 4.78 is 4.36. The van der Waals surface area contributed by atoms with E-state index in [4.69, 9.17) is 0 Å². The molecule has 182 valence electrons. The van der Waals surface area contributed by atoms with Crippen LogP contribution in [0.25, 0.3) is 22.7 Å². The number of carbonyl (C=O) groups excluding carboxylic acids is 1. The Labute approximate surface area is 206 Å². The van der Waals surface area contributed by atoms with Crippen LogP contribution in [-0.2, 0) is 11.3 Å². The molecule has 11 heteroatoms.